The van der Waals surface area contributed by atoms with Crippen LogP contribution in [0, 0.1) is 5.82 Å². The Balaban J connectivity index is 1.51. The highest BCUT2D eigenvalue weighted by molar-refractivity contribution is 6.33. The Morgan fingerprint density at radius 2 is 2.10 bits per heavy atom. The molecule has 2 aliphatic heterocycles. The van der Waals surface area contributed by atoms with Crippen molar-refractivity contribution in [2.24, 2.45) is 0 Å². The number of aliphatic hydroxyl groups is 1. The lowest BCUT2D eigenvalue weighted by Crippen LogP contribution is -2.24. The second kappa shape index (κ2) is 7.88. The van der Waals surface area contributed by atoms with Crippen LogP contribution in [0.25, 0.3) is 11.3 Å². The number of carbonyl (C=O) groups is 1. The zero-order valence-electron chi connectivity index (χ0n) is 16.3. The van der Waals surface area contributed by atoms with Crippen molar-refractivity contribution < 1.29 is 14.3 Å². The number of anilines is 2. The Kier molecular flexibility index (Phi) is 5.05. The number of benzene rings is 1. The number of aromatic nitrogens is 2. The van der Waals surface area contributed by atoms with Gasteiger partial charge >= 0.3 is 0 Å². The lowest BCUT2D eigenvalue weighted by molar-refractivity contribution is 0.0966. The molecule has 2 atom stereocenters. The van der Waals surface area contributed by atoms with Crippen molar-refractivity contribution in [3.63, 3.8) is 0 Å². The minimum atomic E-state index is -0.583. The van der Waals surface area contributed by atoms with Crippen LogP contribution in [0.4, 0.5) is 15.9 Å². The second-order valence-electron chi connectivity index (χ2n) is 7.55. The third kappa shape index (κ3) is 3.63. The molecule has 31 heavy (non-hydrogen) atoms. The van der Waals surface area contributed by atoms with Crippen LogP contribution in [-0.2, 0) is 6.54 Å². The van der Waals surface area contributed by atoms with E-state index in [1.165, 1.54) is 12.1 Å². The van der Waals surface area contributed by atoms with Crippen LogP contribution in [0.15, 0.2) is 42.6 Å². The van der Waals surface area contributed by atoms with Crippen LogP contribution < -0.4 is 16.0 Å². The molecule has 5 rings (SSSR count). The first kappa shape index (κ1) is 19.9. The van der Waals surface area contributed by atoms with E-state index in [4.69, 9.17) is 11.6 Å². The predicted octanol–water partition coefficient (Wildman–Crippen LogP) is 3.32. The van der Waals surface area contributed by atoms with Gasteiger partial charge in [-0.25, -0.2) is 14.4 Å². The standard InChI is InChI=1S/C22H19ClFN5O2/c23-13-2-1-3-14(24)19(13)15-8-16(20-17(28-15)10-27-22(20)31)29-18-5-4-11(9-26-18)12-6-7-25-21(12)30/h1-5,8-9,12,21,25,30H,6-7,10H2,(H,27,31)(H,26,28,29)/t12-,21?/m0/s1. The van der Waals surface area contributed by atoms with E-state index in [0.29, 0.717) is 28.5 Å². The summed E-state index contributed by atoms with van der Waals surface area (Å²) < 4.78 is 14.5. The van der Waals surface area contributed by atoms with Gasteiger partial charge in [-0.1, -0.05) is 23.7 Å². The number of nitrogens with zero attached hydrogens (tertiary/aromatic N) is 2. The summed E-state index contributed by atoms with van der Waals surface area (Å²) in [6, 6.07) is 9.73. The normalized spacial score (nSPS) is 19.9. The summed E-state index contributed by atoms with van der Waals surface area (Å²) in [5.41, 5.74) is 2.83. The predicted molar refractivity (Wildman–Crippen MR) is 115 cm³/mol. The SMILES string of the molecule is O=C1NCc2nc(-c3c(F)cccc3Cl)cc(Nc3ccc([C@@H]4CCNC4O)cn3)c21. The van der Waals surface area contributed by atoms with Crippen LogP contribution >= 0.6 is 11.6 Å². The summed E-state index contributed by atoms with van der Waals surface area (Å²) in [4.78, 5) is 21.3. The number of nitrogens with one attached hydrogen (secondary N) is 3. The van der Waals surface area contributed by atoms with E-state index in [2.05, 4.69) is 25.9 Å². The molecule has 0 aliphatic carbocycles. The molecule has 1 aromatic carbocycles. The fourth-order valence-corrected chi connectivity index (χ4v) is 4.33. The number of halogens is 2. The number of aliphatic hydroxyl groups excluding tert-OH is 1. The average molecular weight is 440 g/mol. The summed E-state index contributed by atoms with van der Waals surface area (Å²) in [5, 5.41) is 19.2. The lowest BCUT2D eigenvalue weighted by atomic mass is 9.99. The van der Waals surface area contributed by atoms with Crippen molar-refractivity contribution in [3.05, 3.63) is 70.3 Å². The minimum absolute atomic E-state index is 0.00713. The number of amides is 1. The van der Waals surface area contributed by atoms with E-state index in [-0.39, 0.29) is 29.0 Å². The van der Waals surface area contributed by atoms with E-state index in [1.807, 2.05) is 6.07 Å². The highest BCUT2D eigenvalue weighted by Gasteiger charge is 2.28. The molecular formula is C22H19ClFN5O2. The first-order chi connectivity index (χ1) is 15.0. The van der Waals surface area contributed by atoms with Crippen molar-refractivity contribution in [1.82, 2.24) is 20.6 Å². The third-order valence-corrected chi connectivity index (χ3v) is 5.94. The molecule has 4 heterocycles. The number of fused-ring (bicyclic) bond motifs is 1. The Morgan fingerprint density at radius 3 is 2.81 bits per heavy atom. The molecule has 1 unspecified atom stereocenters. The van der Waals surface area contributed by atoms with Gasteiger partial charge in [-0.05, 0) is 42.8 Å². The van der Waals surface area contributed by atoms with Gasteiger partial charge in [0.1, 0.15) is 17.9 Å². The number of pyridine rings is 2. The molecule has 4 N–H and O–H groups in total. The van der Waals surface area contributed by atoms with Crippen LogP contribution in [0.2, 0.25) is 5.02 Å². The maximum atomic E-state index is 14.5. The summed E-state index contributed by atoms with van der Waals surface area (Å²) in [5.74, 6) is -0.238. The van der Waals surface area contributed by atoms with Gasteiger partial charge in [0.2, 0.25) is 0 Å². The molecule has 3 aromatic rings. The molecule has 7 nitrogen and oxygen atoms in total. The number of hydrogen-bond donors (Lipinski definition) is 4. The van der Waals surface area contributed by atoms with Gasteiger partial charge in [-0.15, -0.1) is 0 Å². The van der Waals surface area contributed by atoms with Crippen molar-refractivity contribution in [3.8, 4) is 11.3 Å². The molecule has 2 aliphatic rings. The van der Waals surface area contributed by atoms with Gasteiger partial charge in [0, 0.05) is 12.1 Å². The molecule has 0 saturated carbocycles. The van der Waals surface area contributed by atoms with E-state index >= 15 is 0 Å². The summed E-state index contributed by atoms with van der Waals surface area (Å²) in [7, 11) is 0. The first-order valence-corrected chi connectivity index (χ1v) is 10.3. The van der Waals surface area contributed by atoms with Gasteiger partial charge in [0.05, 0.1) is 39.8 Å². The molecular weight excluding hydrogens is 421 g/mol. The largest absolute Gasteiger partial charge is 0.378 e. The molecule has 0 spiro atoms. The number of carbonyl (C=O) groups excluding carboxylic acids is 1. The zero-order valence-corrected chi connectivity index (χ0v) is 17.1. The number of rotatable bonds is 4. The Labute approximate surface area is 182 Å². The monoisotopic (exact) mass is 439 g/mol. The van der Waals surface area contributed by atoms with Crippen molar-refractivity contribution >= 4 is 29.0 Å². The molecule has 2 aromatic heterocycles. The van der Waals surface area contributed by atoms with E-state index < -0.39 is 12.0 Å². The minimum Gasteiger partial charge on any atom is -0.378 e. The topological polar surface area (TPSA) is 99.2 Å². The number of hydrogen-bond acceptors (Lipinski definition) is 6. The molecule has 1 amide bonds. The molecule has 0 bridgehead atoms. The average Bonchev–Trinajstić information content (AvgIpc) is 3.34. The smallest absolute Gasteiger partial charge is 0.255 e. The highest BCUT2D eigenvalue weighted by Crippen LogP contribution is 2.35. The van der Waals surface area contributed by atoms with Crippen molar-refractivity contribution in [1.29, 1.82) is 0 Å². The van der Waals surface area contributed by atoms with Gasteiger partial charge in [-0.3, -0.25) is 10.1 Å². The maximum Gasteiger partial charge on any atom is 0.255 e. The third-order valence-electron chi connectivity index (χ3n) is 5.62. The summed E-state index contributed by atoms with van der Waals surface area (Å²) in [6.07, 6.45) is 1.96. The highest BCUT2D eigenvalue weighted by atomic mass is 35.5. The van der Waals surface area contributed by atoms with Crippen molar-refractivity contribution in [2.45, 2.75) is 25.1 Å². The lowest BCUT2D eigenvalue weighted by Gasteiger charge is -2.15. The molecule has 1 fully saturated rings. The van der Waals surface area contributed by atoms with E-state index in [1.54, 1.807) is 24.4 Å². The maximum absolute atomic E-state index is 14.5. The molecule has 158 valence electrons. The van der Waals surface area contributed by atoms with Gasteiger partial charge in [0.25, 0.3) is 5.91 Å². The fraction of sp³-hybridized carbons (Fsp3) is 0.227. The Hall–Kier alpha value is -3.07. The molecule has 0 radical (unpaired) electrons. The first-order valence-electron chi connectivity index (χ1n) is 9.92. The van der Waals surface area contributed by atoms with Crippen LogP contribution in [0.5, 0.6) is 0 Å². The van der Waals surface area contributed by atoms with E-state index in [0.717, 1.165) is 18.5 Å². The van der Waals surface area contributed by atoms with Crippen LogP contribution in [0.1, 0.15) is 34.0 Å². The molecule has 1 saturated heterocycles. The Bertz CT molecular complexity index is 1150. The molecule has 9 heteroatoms. The summed E-state index contributed by atoms with van der Waals surface area (Å²) in [6.45, 7) is 1.01. The van der Waals surface area contributed by atoms with Gasteiger partial charge < -0.3 is 15.7 Å². The van der Waals surface area contributed by atoms with E-state index in [9.17, 15) is 14.3 Å². The quantitative estimate of drug-likeness (QED) is 0.497. The van der Waals surface area contributed by atoms with Crippen LogP contribution in [-0.4, -0.2) is 33.8 Å². The van der Waals surface area contributed by atoms with Crippen LogP contribution in [0.3, 0.4) is 0 Å². The van der Waals surface area contributed by atoms with Crippen molar-refractivity contribution in [2.75, 3.05) is 11.9 Å². The fourth-order valence-electron chi connectivity index (χ4n) is 4.07. The van der Waals surface area contributed by atoms with Gasteiger partial charge in [-0.2, -0.15) is 0 Å². The van der Waals surface area contributed by atoms with Gasteiger partial charge in [0.15, 0.2) is 0 Å². The Morgan fingerprint density at radius 1 is 1.23 bits per heavy atom. The summed E-state index contributed by atoms with van der Waals surface area (Å²) >= 11 is 6.23. The second-order valence-corrected chi connectivity index (χ2v) is 7.96. The zero-order chi connectivity index (χ0) is 21.5.